The van der Waals surface area contributed by atoms with Crippen LogP contribution in [0.25, 0.3) is 0 Å². The van der Waals surface area contributed by atoms with E-state index in [1.54, 1.807) is 6.92 Å². The third-order valence-electron chi connectivity index (χ3n) is 2.43. The molecule has 0 radical (unpaired) electrons. The minimum absolute atomic E-state index is 0.0771. The van der Waals surface area contributed by atoms with Gasteiger partial charge in [-0.1, -0.05) is 11.8 Å². The summed E-state index contributed by atoms with van der Waals surface area (Å²) in [6.45, 7) is 2.50. The van der Waals surface area contributed by atoms with Crippen molar-refractivity contribution in [3.63, 3.8) is 0 Å². The zero-order valence-electron chi connectivity index (χ0n) is 11.7. The Kier molecular flexibility index (Phi) is 7.32. The molecule has 0 saturated carbocycles. The molecule has 0 aliphatic carbocycles. The molecule has 0 aliphatic heterocycles. The van der Waals surface area contributed by atoms with Crippen molar-refractivity contribution < 1.29 is 22.7 Å². The second kappa shape index (κ2) is 8.74. The van der Waals surface area contributed by atoms with Gasteiger partial charge in [-0.3, -0.25) is 0 Å². The Hall–Kier alpha value is -1.46. The Bertz CT molecular complexity index is 620. The Morgan fingerprint density at radius 1 is 1.43 bits per heavy atom. The van der Waals surface area contributed by atoms with E-state index in [0.29, 0.717) is 12.2 Å². The highest BCUT2D eigenvalue weighted by molar-refractivity contribution is 7.89. The summed E-state index contributed by atoms with van der Waals surface area (Å²) in [5, 5.41) is 8.60. The fourth-order valence-corrected chi connectivity index (χ4v) is 2.56. The number of sulfonamides is 1. The number of halogens is 1. The van der Waals surface area contributed by atoms with E-state index in [2.05, 4.69) is 16.6 Å². The average molecular weight is 315 g/mol. The molecule has 116 valence electrons. The molecule has 2 N–H and O–H groups in total. The maximum absolute atomic E-state index is 13.9. The largest absolute Gasteiger partial charge is 0.395 e. The lowest BCUT2D eigenvalue weighted by Crippen LogP contribution is -2.28. The molecule has 5 nitrogen and oxygen atoms in total. The third-order valence-corrected chi connectivity index (χ3v) is 3.93. The van der Waals surface area contributed by atoms with E-state index in [4.69, 9.17) is 9.84 Å². The first kappa shape index (κ1) is 17.6. The Morgan fingerprint density at radius 2 is 2.19 bits per heavy atom. The van der Waals surface area contributed by atoms with Gasteiger partial charge < -0.3 is 9.84 Å². The summed E-state index contributed by atoms with van der Waals surface area (Å²) in [5.74, 6) is 4.41. The second-order valence-electron chi connectivity index (χ2n) is 4.02. The standard InChI is InChI=1S/C14H18FNO4S/c1-2-20-10-8-16-21(18,19)14-7-6-12(11-13(14)15)5-3-4-9-17/h6-7,11,16-17H,2,4,8-10H2,1H3. The monoisotopic (exact) mass is 315 g/mol. The first-order chi connectivity index (χ1) is 10.0. The van der Waals surface area contributed by atoms with Gasteiger partial charge in [-0.05, 0) is 25.1 Å². The van der Waals surface area contributed by atoms with Crippen LogP contribution in [0, 0.1) is 17.7 Å². The molecule has 7 heteroatoms. The van der Waals surface area contributed by atoms with Crippen molar-refractivity contribution >= 4 is 10.0 Å². The van der Waals surface area contributed by atoms with Crippen LogP contribution in [-0.4, -0.2) is 39.9 Å². The molecule has 0 aliphatic rings. The minimum atomic E-state index is -3.91. The van der Waals surface area contributed by atoms with Crippen molar-refractivity contribution in [2.24, 2.45) is 0 Å². The number of aliphatic hydroxyl groups excluding tert-OH is 1. The molecule has 0 heterocycles. The van der Waals surface area contributed by atoms with Gasteiger partial charge in [0, 0.05) is 25.1 Å². The van der Waals surface area contributed by atoms with Crippen LogP contribution < -0.4 is 4.72 Å². The normalized spacial score (nSPS) is 11.0. The van der Waals surface area contributed by atoms with Gasteiger partial charge >= 0.3 is 0 Å². The highest BCUT2D eigenvalue weighted by atomic mass is 32.2. The predicted molar refractivity (Wildman–Crippen MR) is 76.7 cm³/mol. The summed E-state index contributed by atoms with van der Waals surface area (Å²) >= 11 is 0. The SMILES string of the molecule is CCOCCNS(=O)(=O)c1ccc(C#CCCO)cc1F. The fraction of sp³-hybridized carbons (Fsp3) is 0.429. The van der Waals surface area contributed by atoms with Gasteiger partial charge in [0.25, 0.3) is 0 Å². The zero-order valence-corrected chi connectivity index (χ0v) is 12.5. The van der Waals surface area contributed by atoms with Crippen LogP contribution in [0.3, 0.4) is 0 Å². The first-order valence-electron chi connectivity index (χ1n) is 6.48. The van der Waals surface area contributed by atoms with Gasteiger partial charge in [0.05, 0.1) is 13.2 Å². The fourth-order valence-electron chi connectivity index (χ4n) is 1.49. The van der Waals surface area contributed by atoms with Crippen LogP contribution in [-0.2, 0) is 14.8 Å². The number of benzene rings is 1. The lowest BCUT2D eigenvalue weighted by molar-refractivity contribution is 0.153. The van der Waals surface area contributed by atoms with Crippen LogP contribution in [0.5, 0.6) is 0 Å². The molecule has 1 rings (SSSR count). The molecule has 0 atom stereocenters. The van der Waals surface area contributed by atoms with Crippen molar-refractivity contribution in [2.75, 3.05) is 26.4 Å². The molecular formula is C14H18FNO4S. The van der Waals surface area contributed by atoms with Crippen molar-refractivity contribution in [3.05, 3.63) is 29.6 Å². The number of hydrogen-bond acceptors (Lipinski definition) is 4. The minimum Gasteiger partial charge on any atom is -0.395 e. The molecule has 0 aromatic heterocycles. The van der Waals surface area contributed by atoms with Gasteiger partial charge in [-0.2, -0.15) is 0 Å². The third kappa shape index (κ3) is 5.81. The van der Waals surface area contributed by atoms with Crippen molar-refractivity contribution in [1.29, 1.82) is 0 Å². The zero-order chi connectivity index (χ0) is 15.7. The van der Waals surface area contributed by atoms with E-state index in [1.165, 1.54) is 12.1 Å². The lowest BCUT2D eigenvalue weighted by atomic mass is 10.2. The summed E-state index contributed by atoms with van der Waals surface area (Å²) in [6.07, 6.45) is 0.278. The number of aliphatic hydroxyl groups is 1. The first-order valence-corrected chi connectivity index (χ1v) is 7.96. The molecule has 0 bridgehead atoms. The average Bonchev–Trinajstić information content (AvgIpc) is 2.44. The Balaban J connectivity index is 2.82. The molecule has 1 aromatic carbocycles. The van der Waals surface area contributed by atoms with Crippen LogP contribution in [0.1, 0.15) is 18.9 Å². The van der Waals surface area contributed by atoms with E-state index in [1.807, 2.05) is 0 Å². The number of ether oxygens (including phenoxy) is 1. The summed E-state index contributed by atoms with van der Waals surface area (Å²) in [6, 6.07) is 3.65. The van der Waals surface area contributed by atoms with E-state index < -0.39 is 20.7 Å². The molecule has 1 aromatic rings. The van der Waals surface area contributed by atoms with Gasteiger partial charge in [0.1, 0.15) is 10.7 Å². The van der Waals surface area contributed by atoms with Crippen LogP contribution >= 0.6 is 0 Å². The number of rotatable bonds is 7. The number of hydrogen-bond donors (Lipinski definition) is 2. The maximum Gasteiger partial charge on any atom is 0.243 e. The topological polar surface area (TPSA) is 75.6 Å². The molecule has 0 spiro atoms. The summed E-state index contributed by atoms with van der Waals surface area (Å²) in [7, 11) is -3.91. The van der Waals surface area contributed by atoms with Gasteiger partial charge in [-0.15, -0.1) is 0 Å². The van der Waals surface area contributed by atoms with Crippen molar-refractivity contribution in [3.8, 4) is 11.8 Å². The smallest absolute Gasteiger partial charge is 0.243 e. The molecule has 0 saturated heterocycles. The van der Waals surface area contributed by atoms with Crippen molar-refractivity contribution in [1.82, 2.24) is 4.72 Å². The highest BCUT2D eigenvalue weighted by Crippen LogP contribution is 2.15. The van der Waals surface area contributed by atoms with Crippen molar-refractivity contribution in [2.45, 2.75) is 18.2 Å². The molecule has 0 amide bonds. The van der Waals surface area contributed by atoms with Crippen LogP contribution in [0.15, 0.2) is 23.1 Å². The highest BCUT2D eigenvalue weighted by Gasteiger charge is 2.18. The quantitative estimate of drug-likeness (QED) is 0.578. The summed E-state index contributed by atoms with van der Waals surface area (Å²) < 4.78 is 45.0. The van der Waals surface area contributed by atoms with Crippen LogP contribution in [0.2, 0.25) is 0 Å². The maximum atomic E-state index is 13.9. The summed E-state index contributed by atoms with van der Waals surface area (Å²) in [5.41, 5.74) is 0.356. The lowest BCUT2D eigenvalue weighted by Gasteiger charge is -2.08. The van der Waals surface area contributed by atoms with Gasteiger partial charge in [-0.25, -0.2) is 17.5 Å². The number of nitrogens with one attached hydrogen (secondary N) is 1. The second-order valence-corrected chi connectivity index (χ2v) is 5.75. The van der Waals surface area contributed by atoms with E-state index in [9.17, 15) is 12.8 Å². The van der Waals surface area contributed by atoms with Crippen LogP contribution in [0.4, 0.5) is 4.39 Å². The molecular weight excluding hydrogens is 297 g/mol. The van der Waals surface area contributed by atoms with Gasteiger partial charge in [0.2, 0.25) is 10.0 Å². The predicted octanol–water partition coefficient (Wildman–Crippen LogP) is 0.874. The molecule has 0 unspecified atom stereocenters. The molecule has 21 heavy (non-hydrogen) atoms. The van der Waals surface area contributed by atoms with E-state index >= 15 is 0 Å². The van der Waals surface area contributed by atoms with E-state index in [-0.39, 0.29) is 26.2 Å². The van der Waals surface area contributed by atoms with Gasteiger partial charge in [0.15, 0.2) is 0 Å². The molecule has 0 fully saturated rings. The van der Waals surface area contributed by atoms with E-state index in [0.717, 1.165) is 6.07 Å². The summed E-state index contributed by atoms with van der Waals surface area (Å²) in [4.78, 5) is -0.424. The Morgan fingerprint density at radius 3 is 2.81 bits per heavy atom. The Labute approximate surface area is 124 Å².